The Morgan fingerprint density at radius 2 is 1.90 bits per heavy atom. The van der Waals surface area contributed by atoms with Gasteiger partial charge in [0.15, 0.2) is 0 Å². The van der Waals surface area contributed by atoms with Gasteiger partial charge in [0.1, 0.15) is 0 Å². The third-order valence-corrected chi connectivity index (χ3v) is 1.87. The SMILES string of the molecule is CC(C)CCOC(C)CS. The summed E-state index contributed by atoms with van der Waals surface area (Å²) in [5, 5.41) is 0. The average molecular weight is 162 g/mol. The summed E-state index contributed by atoms with van der Waals surface area (Å²) in [5.41, 5.74) is 0. The Hall–Kier alpha value is 0.310. The number of ether oxygens (including phenoxy) is 1. The molecule has 0 N–H and O–H groups in total. The molecule has 0 radical (unpaired) electrons. The molecule has 0 saturated carbocycles. The standard InChI is InChI=1S/C8H18OS/c1-7(2)4-5-9-8(3)6-10/h7-8,10H,4-6H2,1-3H3. The molecular weight excluding hydrogens is 144 g/mol. The molecule has 10 heavy (non-hydrogen) atoms. The largest absolute Gasteiger partial charge is 0.378 e. The molecule has 2 heteroatoms. The fraction of sp³-hybridized carbons (Fsp3) is 1.00. The van der Waals surface area contributed by atoms with Crippen molar-refractivity contribution in [2.75, 3.05) is 12.4 Å². The van der Waals surface area contributed by atoms with Crippen LogP contribution in [0.15, 0.2) is 0 Å². The molecule has 0 rings (SSSR count). The number of hydrogen-bond donors (Lipinski definition) is 1. The van der Waals surface area contributed by atoms with E-state index in [1.807, 2.05) is 6.92 Å². The van der Waals surface area contributed by atoms with Gasteiger partial charge in [0, 0.05) is 12.4 Å². The highest BCUT2D eigenvalue weighted by Gasteiger charge is 1.98. The Morgan fingerprint density at radius 1 is 1.30 bits per heavy atom. The molecule has 62 valence electrons. The van der Waals surface area contributed by atoms with Crippen molar-refractivity contribution < 1.29 is 4.74 Å². The van der Waals surface area contributed by atoms with E-state index in [4.69, 9.17) is 4.74 Å². The van der Waals surface area contributed by atoms with Crippen LogP contribution in [0.25, 0.3) is 0 Å². The highest BCUT2D eigenvalue weighted by Crippen LogP contribution is 2.01. The van der Waals surface area contributed by atoms with Gasteiger partial charge in [0.25, 0.3) is 0 Å². The molecule has 0 aromatic rings. The van der Waals surface area contributed by atoms with E-state index in [9.17, 15) is 0 Å². The zero-order chi connectivity index (χ0) is 7.98. The molecule has 1 atom stereocenters. The number of rotatable bonds is 5. The van der Waals surface area contributed by atoms with Crippen molar-refractivity contribution in [2.24, 2.45) is 5.92 Å². The van der Waals surface area contributed by atoms with Crippen LogP contribution in [0.5, 0.6) is 0 Å². The summed E-state index contributed by atoms with van der Waals surface area (Å²) in [4.78, 5) is 0. The van der Waals surface area contributed by atoms with E-state index in [1.54, 1.807) is 0 Å². The van der Waals surface area contributed by atoms with Gasteiger partial charge >= 0.3 is 0 Å². The van der Waals surface area contributed by atoms with Gasteiger partial charge in [0.05, 0.1) is 6.10 Å². The van der Waals surface area contributed by atoms with Gasteiger partial charge in [-0.3, -0.25) is 0 Å². The summed E-state index contributed by atoms with van der Waals surface area (Å²) in [7, 11) is 0. The topological polar surface area (TPSA) is 9.23 Å². The molecule has 1 unspecified atom stereocenters. The fourth-order valence-corrected chi connectivity index (χ4v) is 0.663. The predicted octanol–water partition coefficient (Wildman–Crippen LogP) is 2.37. The van der Waals surface area contributed by atoms with E-state index in [1.165, 1.54) is 0 Å². The van der Waals surface area contributed by atoms with Crippen LogP contribution in [0.4, 0.5) is 0 Å². The third-order valence-electron chi connectivity index (χ3n) is 1.35. The van der Waals surface area contributed by atoms with E-state index >= 15 is 0 Å². The molecule has 0 amide bonds. The number of hydrogen-bond acceptors (Lipinski definition) is 2. The first kappa shape index (κ1) is 10.3. The molecule has 0 aromatic heterocycles. The summed E-state index contributed by atoms with van der Waals surface area (Å²) < 4.78 is 5.43. The van der Waals surface area contributed by atoms with E-state index in [-0.39, 0.29) is 0 Å². The van der Waals surface area contributed by atoms with E-state index in [0.29, 0.717) is 6.10 Å². The second-order valence-corrected chi connectivity index (χ2v) is 3.41. The lowest BCUT2D eigenvalue weighted by molar-refractivity contribution is 0.0742. The van der Waals surface area contributed by atoms with Crippen LogP contribution < -0.4 is 0 Å². The first-order chi connectivity index (χ1) is 4.66. The summed E-state index contributed by atoms with van der Waals surface area (Å²) in [6, 6.07) is 0. The van der Waals surface area contributed by atoms with Crippen molar-refractivity contribution in [1.82, 2.24) is 0 Å². The van der Waals surface area contributed by atoms with Crippen molar-refractivity contribution in [1.29, 1.82) is 0 Å². The first-order valence-electron chi connectivity index (χ1n) is 3.89. The molecule has 0 aliphatic rings. The minimum Gasteiger partial charge on any atom is -0.378 e. The molecule has 0 fully saturated rings. The minimum absolute atomic E-state index is 0.307. The molecule has 1 nitrogen and oxygen atoms in total. The maximum absolute atomic E-state index is 5.43. The van der Waals surface area contributed by atoms with Crippen LogP contribution in [-0.4, -0.2) is 18.5 Å². The Balaban J connectivity index is 3.03. The maximum Gasteiger partial charge on any atom is 0.0634 e. The second-order valence-electron chi connectivity index (χ2n) is 3.05. The molecule has 0 aliphatic heterocycles. The third kappa shape index (κ3) is 6.43. The Kier molecular flexibility index (Phi) is 6.24. The highest BCUT2D eigenvalue weighted by atomic mass is 32.1. The van der Waals surface area contributed by atoms with Gasteiger partial charge < -0.3 is 4.74 Å². The molecule has 0 spiro atoms. The van der Waals surface area contributed by atoms with Gasteiger partial charge in [-0.1, -0.05) is 13.8 Å². The smallest absolute Gasteiger partial charge is 0.0634 e. The lowest BCUT2D eigenvalue weighted by atomic mass is 10.1. The van der Waals surface area contributed by atoms with Crippen molar-refractivity contribution in [3.05, 3.63) is 0 Å². The molecule has 0 aromatic carbocycles. The lowest BCUT2D eigenvalue weighted by Crippen LogP contribution is -2.11. The molecular formula is C8H18OS. The zero-order valence-electron chi connectivity index (χ0n) is 7.13. The Morgan fingerprint density at radius 3 is 2.30 bits per heavy atom. The zero-order valence-corrected chi connectivity index (χ0v) is 8.03. The van der Waals surface area contributed by atoms with Gasteiger partial charge in [-0.25, -0.2) is 0 Å². The van der Waals surface area contributed by atoms with E-state index < -0.39 is 0 Å². The molecule has 0 bridgehead atoms. The van der Waals surface area contributed by atoms with Crippen LogP contribution >= 0.6 is 12.6 Å². The van der Waals surface area contributed by atoms with Crippen LogP contribution in [-0.2, 0) is 4.74 Å². The molecule has 0 heterocycles. The minimum atomic E-state index is 0.307. The van der Waals surface area contributed by atoms with Crippen molar-refractivity contribution in [3.8, 4) is 0 Å². The fourth-order valence-electron chi connectivity index (χ4n) is 0.558. The van der Waals surface area contributed by atoms with E-state index in [2.05, 4.69) is 26.5 Å². The normalized spacial score (nSPS) is 14.1. The van der Waals surface area contributed by atoms with Gasteiger partial charge in [-0.05, 0) is 19.3 Å². The number of thiol groups is 1. The average Bonchev–Trinajstić information content (AvgIpc) is 1.87. The van der Waals surface area contributed by atoms with Crippen molar-refractivity contribution in [3.63, 3.8) is 0 Å². The molecule has 0 aliphatic carbocycles. The monoisotopic (exact) mass is 162 g/mol. The van der Waals surface area contributed by atoms with Gasteiger partial charge in [-0.15, -0.1) is 0 Å². The summed E-state index contributed by atoms with van der Waals surface area (Å²) >= 11 is 4.12. The van der Waals surface area contributed by atoms with Crippen molar-refractivity contribution in [2.45, 2.75) is 33.3 Å². The lowest BCUT2D eigenvalue weighted by Gasteiger charge is -2.10. The summed E-state index contributed by atoms with van der Waals surface area (Å²) in [6.45, 7) is 7.33. The van der Waals surface area contributed by atoms with Crippen LogP contribution in [0.1, 0.15) is 27.2 Å². The summed E-state index contributed by atoms with van der Waals surface area (Å²) in [6.07, 6.45) is 1.46. The Bertz CT molecular complexity index is 73.7. The highest BCUT2D eigenvalue weighted by molar-refractivity contribution is 7.80. The first-order valence-corrected chi connectivity index (χ1v) is 4.52. The van der Waals surface area contributed by atoms with Crippen LogP contribution in [0.3, 0.4) is 0 Å². The van der Waals surface area contributed by atoms with Crippen LogP contribution in [0, 0.1) is 5.92 Å². The molecule has 0 saturated heterocycles. The predicted molar refractivity (Wildman–Crippen MR) is 48.7 cm³/mol. The van der Waals surface area contributed by atoms with Gasteiger partial charge in [0.2, 0.25) is 0 Å². The quantitative estimate of drug-likeness (QED) is 0.611. The van der Waals surface area contributed by atoms with Crippen molar-refractivity contribution >= 4 is 12.6 Å². The van der Waals surface area contributed by atoms with Gasteiger partial charge in [-0.2, -0.15) is 12.6 Å². The second kappa shape index (κ2) is 6.05. The summed E-state index contributed by atoms with van der Waals surface area (Å²) in [5.74, 6) is 1.56. The van der Waals surface area contributed by atoms with Crippen LogP contribution in [0.2, 0.25) is 0 Å². The Labute approximate surface area is 69.6 Å². The maximum atomic E-state index is 5.43. The van der Waals surface area contributed by atoms with E-state index in [0.717, 1.165) is 24.7 Å².